The standard InChI is InChI=1S/C14H24N2O3/c1-13(6-3-4-7-13)10-15-12(19)16-9-5-8-14(16,2)11(17)18/h3-10H2,1-2H3,(H,15,19)(H,17,18). The van der Waals surface area contributed by atoms with Crippen LogP contribution in [-0.2, 0) is 4.79 Å². The Morgan fingerprint density at radius 1 is 1.16 bits per heavy atom. The number of carbonyl (C=O) groups is 2. The summed E-state index contributed by atoms with van der Waals surface area (Å²) in [5.41, 5.74) is -0.852. The summed E-state index contributed by atoms with van der Waals surface area (Å²) in [6.45, 7) is 5.02. The van der Waals surface area contributed by atoms with Gasteiger partial charge in [0, 0.05) is 13.1 Å². The molecule has 1 atom stereocenters. The summed E-state index contributed by atoms with van der Waals surface area (Å²) in [6, 6.07) is -0.226. The lowest BCUT2D eigenvalue weighted by Gasteiger charge is -2.33. The fourth-order valence-electron chi connectivity index (χ4n) is 3.30. The van der Waals surface area contributed by atoms with Crippen LogP contribution in [0.25, 0.3) is 0 Å². The zero-order valence-electron chi connectivity index (χ0n) is 11.9. The number of hydrogen-bond acceptors (Lipinski definition) is 2. The molecular formula is C14H24N2O3. The molecule has 0 radical (unpaired) electrons. The van der Waals surface area contributed by atoms with Crippen molar-refractivity contribution in [2.45, 2.75) is 57.9 Å². The molecule has 5 nitrogen and oxygen atoms in total. The van der Waals surface area contributed by atoms with Crippen molar-refractivity contribution in [2.75, 3.05) is 13.1 Å². The highest BCUT2D eigenvalue weighted by Crippen LogP contribution is 2.37. The molecule has 108 valence electrons. The predicted octanol–water partition coefficient (Wildman–Crippen LogP) is 2.22. The van der Waals surface area contributed by atoms with Gasteiger partial charge < -0.3 is 15.3 Å². The first kappa shape index (κ1) is 14.2. The molecule has 19 heavy (non-hydrogen) atoms. The van der Waals surface area contributed by atoms with Crippen molar-refractivity contribution < 1.29 is 14.7 Å². The Bertz CT molecular complexity index is 377. The molecule has 2 N–H and O–H groups in total. The molecule has 0 aromatic heterocycles. The summed E-state index contributed by atoms with van der Waals surface area (Å²) in [5.74, 6) is -0.910. The molecular weight excluding hydrogens is 244 g/mol. The average molecular weight is 268 g/mol. The Hall–Kier alpha value is -1.26. The van der Waals surface area contributed by atoms with Crippen molar-refractivity contribution in [1.82, 2.24) is 10.2 Å². The molecule has 5 heteroatoms. The van der Waals surface area contributed by atoms with Gasteiger partial charge in [-0.2, -0.15) is 0 Å². The first-order valence-electron chi connectivity index (χ1n) is 7.16. The van der Waals surface area contributed by atoms with Crippen molar-refractivity contribution >= 4 is 12.0 Å². The molecule has 1 unspecified atom stereocenters. The number of aliphatic carboxylic acids is 1. The number of likely N-dealkylation sites (tertiary alicyclic amines) is 1. The fraction of sp³-hybridized carbons (Fsp3) is 0.857. The van der Waals surface area contributed by atoms with E-state index in [4.69, 9.17) is 0 Å². The van der Waals surface area contributed by atoms with Crippen LogP contribution in [0.3, 0.4) is 0 Å². The Balaban J connectivity index is 1.94. The lowest BCUT2D eigenvalue weighted by Crippen LogP contribution is -2.55. The third kappa shape index (κ3) is 2.69. The summed E-state index contributed by atoms with van der Waals surface area (Å²) < 4.78 is 0. The van der Waals surface area contributed by atoms with Crippen molar-refractivity contribution in [1.29, 1.82) is 0 Å². The van der Waals surface area contributed by atoms with Crippen LogP contribution in [0.2, 0.25) is 0 Å². The number of amides is 2. The molecule has 2 rings (SSSR count). The number of urea groups is 1. The van der Waals surface area contributed by atoms with E-state index in [2.05, 4.69) is 12.2 Å². The molecule has 1 aliphatic carbocycles. The summed E-state index contributed by atoms with van der Waals surface area (Å²) in [6.07, 6.45) is 6.03. The molecule has 1 saturated heterocycles. The minimum atomic E-state index is -1.04. The van der Waals surface area contributed by atoms with Gasteiger partial charge in [0.05, 0.1) is 0 Å². The van der Waals surface area contributed by atoms with Gasteiger partial charge in [-0.25, -0.2) is 9.59 Å². The van der Waals surface area contributed by atoms with Crippen molar-refractivity contribution in [3.8, 4) is 0 Å². The van der Waals surface area contributed by atoms with Gasteiger partial charge in [-0.1, -0.05) is 19.8 Å². The molecule has 1 heterocycles. The van der Waals surface area contributed by atoms with E-state index in [1.807, 2.05) is 0 Å². The minimum Gasteiger partial charge on any atom is -0.480 e. The number of carboxylic acids is 1. The van der Waals surface area contributed by atoms with E-state index < -0.39 is 11.5 Å². The van der Waals surface area contributed by atoms with Gasteiger partial charge in [-0.3, -0.25) is 0 Å². The summed E-state index contributed by atoms with van der Waals surface area (Å²) in [7, 11) is 0. The van der Waals surface area contributed by atoms with Gasteiger partial charge in [0.1, 0.15) is 5.54 Å². The highest BCUT2D eigenvalue weighted by Gasteiger charge is 2.46. The predicted molar refractivity (Wildman–Crippen MR) is 72.0 cm³/mol. The van der Waals surface area contributed by atoms with E-state index in [0.29, 0.717) is 19.5 Å². The number of hydrogen-bond donors (Lipinski definition) is 2. The molecule has 2 aliphatic rings. The van der Waals surface area contributed by atoms with Crippen molar-refractivity contribution in [2.24, 2.45) is 5.41 Å². The van der Waals surface area contributed by atoms with Gasteiger partial charge in [0.2, 0.25) is 0 Å². The number of carboxylic acid groups (broad SMARTS) is 1. The normalized spacial score (nSPS) is 29.5. The maximum Gasteiger partial charge on any atom is 0.329 e. The highest BCUT2D eigenvalue weighted by molar-refractivity contribution is 5.86. The smallest absolute Gasteiger partial charge is 0.329 e. The van der Waals surface area contributed by atoms with Gasteiger partial charge in [-0.05, 0) is 38.0 Å². The van der Waals surface area contributed by atoms with Crippen LogP contribution in [0.15, 0.2) is 0 Å². The number of carbonyl (C=O) groups excluding carboxylic acids is 1. The monoisotopic (exact) mass is 268 g/mol. The zero-order chi connectivity index (χ0) is 14.1. The summed E-state index contributed by atoms with van der Waals surface area (Å²) >= 11 is 0. The number of nitrogens with zero attached hydrogens (tertiary/aromatic N) is 1. The summed E-state index contributed by atoms with van der Waals surface area (Å²) in [4.78, 5) is 25.0. The third-order valence-electron chi connectivity index (χ3n) is 4.82. The second-order valence-corrected chi connectivity index (χ2v) is 6.51. The molecule has 1 saturated carbocycles. The van der Waals surface area contributed by atoms with Gasteiger partial charge >= 0.3 is 12.0 Å². The first-order chi connectivity index (χ1) is 8.87. The minimum absolute atomic E-state index is 0.189. The third-order valence-corrected chi connectivity index (χ3v) is 4.82. The largest absolute Gasteiger partial charge is 0.480 e. The lowest BCUT2D eigenvalue weighted by molar-refractivity contribution is -0.147. The average Bonchev–Trinajstić information content (AvgIpc) is 2.94. The topological polar surface area (TPSA) is 69.6 Å². The van der Waals surface area contributed by atoms with Crippen LogP contribution < -0.4 is 5.32 Å². The van der Waals surface area contributed by atoms with Crippen LogP contribution in [0.1, 0.15) is 52.4 Å². The summed E-state index contributed by atoms with van der Waals surface area (Å²) in [5, 5.41) is 12.2. The van der Waals surface area contributed by atoms with Crippen LogP contribution in [0.5, 0.6) is 0 Å². The Kier molecular flexibility index (Phi) is 3.74. The van der Waals surface area contributed by atoms with Crippen LogP contribution >= 0.6 is 0 Å². The van der Waals surface area contributed by atoms with Crippen LogP contribution in [0.4, 0.5) is 4.79 Å². The molecule has 0 spiro atoms. The Morgan fingerprint density at radius 2 is 1.79 bits per heavy atom. The maximum atomic E-state index is 12.2. The first-order valence-corrected chi connectivity index (χ1v) is 7.16. The fourth-order valence-corrected chi connectivity index (χ4v) is 3.30. The van der Waals surface area contributed by atoms with Crippen LogP contribution in [-0.4, -0.2) is 40.6 Å². The molecule has 2 fully saturated rings. The van der Waals surface area contributed by atoms with E-state index in [1.165, 1.54) is 17.7 Å². The zero-order valence-corrected chi connectivity index (χ0v) is 11.9. The second-order valence-electron chi connectivity index (χ2n) is 6.51. The van der Waals surface area contributed by atoms with Gasteiger partial charge in [-0.15, -0.1) is 0 Å². The SMILES string of the molecule is CC1(CNC(=O)N2CCCC2(C)C(=O)O)CCCC1. The van der Waals surface area contributed by atoms with E-state index in [-0.39, 0.29) is 11.4 Å². The van der Waals surface area contributed by atoms with E-state index in [1.54, 1.807) is 6.92 Å². The molecule has 0 aromatic carbocycles. The quantitative estimate of drug-likeness (QED) is 0.824. The lowest BCUT2D eigenvalue weighted by atomic mass is 9.89. The molecule has 2 amide bonds. The van der Waals surface area contributed by atoms with Gasteiger partial charge in [0.25, 0.3) is 0 Å². The highest BCUT2D eigenvalue weighted by atomic mass is 16.4. The van der Waals surface area contributed by atoms with Crippen molar-refractivity contribution in [3.63, 3.8) is 0 Å². The molecule has 1 aliphatic heterocycles. The van der Waals surface area contributed by atoms with Crippen LogP contribution in [0, 0.1) is 5.41 Å². The van der Waals surface area contributed by atoms with Crippen molar-refractivity contribution in [3.05, 3.63) is 0 Å². The van der Waals surface area contributed by atoms with E-state index in [9.17, 15) is 14.7 Å². The molecule has 0 bridgehead atoms. The number of rotatable bonds is 3. The Morgan fingerprint density at radius 3 is 2.37 bits per heavy atom. The second kappa shape index (κ2) is 5.02. The Labute approximate surface area is 114 Å². The van der Waals surface area contributed by atoms with Gasteiger partial charge in [0.15, 0.2) is 0 Å². The van der Waals surface area contributed by atoms with E-state index in [0.717, 1.165) is 19.3 Å². The molecule has 0 aromatic rings. The number of nitrogens with one attached hydrogen (secondary N) is 1. The van der Waals surface area contributed by atoms with E-state index >= 15 is 0 Å². The maximum absolute atomic E-state index is 12.2.